The Morgan fingerprint density at radius 3 is 2.15 bits per heavy atom. The Morgan fingerprint density at radius 2 is 1.48 bits per heavy atom. The topological polar surface area (TPSA) is 238 Å². The molecule has 19 nitrogen and oxygen atoms in total. The Kier molecular flexibility index (Phi) is 7.39. The van der Waals surface area contributed by atoms with Crippen LogP contribution in [0.25, 0.3) is 22.3 Å². The predicted octanol–water partition coefficient (Wildman–Crippen LogP) is 2.02. The summed E-state index contributed by atoms with van der Waals surface area (Å²) in [5.74, 6) is 0.237. The third kappa shape index (κ3) is 5.02. The number of aromatic nitrogens is 8. The molecule has 0 amide bonds. The normalized spacial score (nSPS) is 39.9. The standard InChI is InChI=1S/C22H25FN10O9P2S2/c23-10-9-1-2-37-43(34,45)42-15-14-21(33-8-31-12-17(25)27-6-29-19(12)33)40-22(15,3-36-14)4-38-44(35,46)41-13(10)20(39-9)32-7-30-11-16(24)26-5-28-18(11)32/h5-10,13-15,20-21H,1-4H2,(H,34,45)(H,35,46)(H2,24,26,28)(H2,25,27,29)/t9-,10+,13-,14-,15+,20-,21-,22-,43+,44-/m1/s1. The van der Waals surface area contributed by atoms with Crippen LogP contribution in [0.5, 0.6) is 0 Å². The lowest BCUT2D eigenvalue weighted by Crippen LogP contribution is -2.45. The number of halogens is 1. The van der Waals surface area contributed by atoms with Crippen molar-refractivity contribution in [3.8, 4) is 0 Å². The van der Waals surface area contributed by atoms with Crippen molar-refractivity contribution in [3.05, 3.63) is 25.3 Å². The first-order valence-corrected chi connectivity index (χ1v) is 19.1. The fourth-order valence-electron chi connectivity index (χ4n) is 6.08. The molecule has 4 bridgehead atoms. The van der Waals surface area contributed by atoms with Crippen LogP contribution in [0.4, 0.5) is 16.0 Å². The van der Waals surface area contributed by atoms with E-state index in [9.17, 15) is 9.13 Å². The van der Waals surface area contributed by atoms with E-state index in [4.69, 9.17) is 43.8 Å². The maximum Gasteiger partial charge on any atom is 0.386 e. The second kappa shape index (κ2) is 11.0. The summed E-state index contributed by atoms with van der Waals surface area (Å²) < 4.78 is 87.5. The highest BCUT2D eigenvalue weighted by Gasteiger charge is 2.65. The molecule has 4 fully saturated rings. The highest BCUT2D eigenvalue weighted by Crippen LogP contribution is 2.63. The van der Waals surface area contributed by atoms with Gasteiger partial charge in [-0.1, -0.05) is 24.5 Å². The Bertz CT molecular complexity index is 1940. The summed E-state index contributed by atoms with van der Waals surface area (Å²) in [6, 6.07) is 0. The van der Waals surface area contributed by atoms with E-state index in [1.807, 2.05) is 0 Å². The first-order chi connectivity index (χ1) is 22.0. The number of anilines is 2. The van der Waals surface area contributed by atoms with Gasteiger partial charge in [0.1, 0.15) is 47.6 Å². The van der Waals surface area contributed by atoms with Gasteiger partial charge < -0.3 is 30.2 Å². The van der Waals surface area contributed by atoms with Crippen molar-refractivity contribution in [1.29, 1.82) is 0 Å². The number of hydrogen-bond donors (Lipinski definition) is 4. The number of nitrogen functional groups attached to an aromatic ring is 2. The summed E-state index contributed by atoms with van der Waals surface area (Å²) in [6.45, 7) is -9.48. The number of nitrogens with two attached hydrogens (primary N) is 2. The molecule has 0 aliphatic carbocycles. The molecule has 0 spiro atoms. The van der Waals surface area contributed by atoms with Crippen molar-refractivity contribution in [3.63, 3.8) is 0 Å². The third-order valence-electron chi connectivity index (χ3n) is 8.19. The zero-order valence-electron chi connectivity index (χ0n) is 23.3. The number of nitrogens with zero attached hydrogens (tertiary/aromatic N) is 8. The largest absolute Gasteiger partial charge is 0.386 e. The zero-order chi connectivity index (χ0) is 32.0. The second-order valence-corrected chi connectivity index (χ2v) is 16.7. The van der Waals surface area contributed by atoms with Gasteiger partial charge in [-0.15, -0.1) is 0 Å². The molecule has 246 valence electrons. The molecule has 4 aliphatic heterocycles. The Hall–Kier alpha value is -2.49. The molecule has 4 aliphatic rings. The maximum absolute atomic E-state index is 16.0. The molecular formula is C22H25FN10O9P2S2. The summed E-state index contributed by atoms with van der Waals surface area (Å²) >= 11 is 8.33. The molecule has 8 rings (SSSR count). The van der Waals surface area contributed by atoms with Gasteiger partial charge in [-0.05, 0) is 0 Å². The Labute approximate surface area is 268 Å². The van der Waals surface area contributed by atoms with Crippen LogP contribution in [-0.2, 0) is 41.4 Å². The highest BCUT2D eigenvalue weighted by molar-refractivity contribution is 8.44. The van der Waals surface area contributed by atoms with Gasteiger partial charge in [0, 0.05) is 6.42 Å². The molecule has 8 heterocycles. The van der Waals surface area contributed by atoms with Crippen molar-refractivity contribution < 1.29 is 45.8 Å². The van der Waals surface area contributed by atoms with Crippen LogP contribution in [0.3, 0.4) is 0 Å². The first-order valence-electron chi connectivity index (χ1n) is 13.7. The smallest absolute Gasteiger partial charge is 0.382 e. The lowest BCUT2D eigenvalue weighted by molar-refractivity contribution is -0.182. The number of fused-ring (bicyclic) bond motifs is 4. The van der Waals surface area contributed by atoms with E-state index in [1.54, 1.807) is 4.57 Å². The van der Waals surface area contributed by atoms with Crippen molar-refractivity contribution >= 4 is 72.1 Å². The Morgan fingerprint density at radius 1 is 0.848 bits per heavy atom. The molecule has 4 N–H and O–H groups in total. The number of imidazole rings is 2. The quantitative estimate of drug-likeness (QED) is 0.171. The van der Waals surface area contributed by atoms with Crippen LogP contribution in [0, 0.1) is 0 Å². The summed E-state index contributed by atoms with van der Waals surface area (Å²) in [4.78, 5) is 24.8. The number of thiol groups is 2. The highest BCUT2D eigenvalue weighted by atomic mass is 32.7. The van der Waals surface area contributed by atoms with E-state index in [-0.39, 0.29) is 42.4 Å². The fourth-order valence-corrected chi connectivity index (χ4v) is 9.10. The van der Waals surface area contributed by atoms with E-state index < -0.39 is 68.8 Å². The van der Waals surface area contributed by atoms with Gasteiger partial charge in [0.05, 0.1) is 38.6 Å². The van der Waals surface area contributed by atoms with Crippen LogP contribution in [0.1, 0.15) is 18.9 Å². The number of alkyl halides is 1. The molecule has 0 radical (unpaired) electrons. The number of hydrogen-bond acceptors (Lipinski definition) is 17. The Balaban J connectivity index is 1.13. The predicted molar refractivity (Wildman–Crippen MR) is 160 cm³/mol. The van der Waals surface area contributed by atoms with E-state index in [1.165, 1.54) is 29.9 Å². The van der Waals surface area contributed by atoms with Gasteiger partial charge in [-0.25, -0.2) is 43.4 Å². The van der Waals surface area contributed by atoms with Crippen LogP contribution in [0.15, 0.2) is 25.3 Å². The van der Waals surface area contributed by atoms with E-state index in [0.717, 1.165) is 0 Å². The SMILES string of the molecule is Nc1ncnc2c1ncn2[C@@H]1O[C@@H]2CCO[P@](=O)(S)O[C@H]3[C@H]4OC[C@]3(CO[P@@](=O)(S)O[C@@H]1[C@H]2F)O[C@H]4n1cnc2c(N)ncnc21. The van der Waals surface area contributed by atoms with Crippen molar-refractivity contribution in [2.24, 2.45) is 0 Å². The van der Waals surface area contributed by atoms with Gasteiger partial charge in [0.2, 0.25) is 0 Å². The minimum absolute atomic E-state index is 0.0902. The molecule has 0 aromatic carbocycles. The van der Waals surface area contributed by atoms with Crippen LogP contribution >= 0.6 is 38.1 Å². The summed E-state index contributed by atoms with van der Waals surface area (Å²) in [6.07, 6.45) is -3.69. The van der Waals surface area contributed by atoms with Crippen LogP contribution in [0.2, 0.25) is 0 Å². The van der Waals surface area contributed by atoms with Gasteiger partial charge >= 0.3 is 13.6 Å². The molecule has 24 heteroatoms. The van der Waals surface area contributed by atoms with Crippen molar-refractivity contribution in [2.45, 2.75) is 55.1 Å². The average molecular weight is 719 g/mol. The molecule has 4 saturated heterocycles. The first kappa shape index (κ1) is 30.8. The lowest BCUT2D eigenvalue weighted by Gasteiger charge is -2.33. The molecule has 10 atom stereocenters. The minimum Gasteiger partial charge on any atom is -0.382 e. The monoisotopic (exact) mass is 718 g/mol. The molecule has 4 aromatic rings. The molecule has 0 unspecified atom stereocenters. The zero-order valence-corrected chi connectivity index (χ0v) is 26.8. The molecule has 0 saturated carbocycles. The van der Waals surface area contributed by atoms with Gasteiger partial charge in [-0.3, -0.25) is 22.7 Å². The summed E-state index contributed by atoms with van der Waals surface area (Å²) in [5.41, 5.74) is 11.5. The lowest BCUT2D eigenvalue weighted by atomic mass is 10.0. The van der Waals surface area contributed by atoms with Gasteiger partial charge in [0.25, 0.3) is 0 Å². The van der Waals surface area contributed by atoms with Crippen LogP contribution < -0.4 is 11.5 Å². The van der Waals surface area contributed by atoms with Crippen LogP contribution in [-0.4, -0.2) is 95.0 Å². The third-order valence-corrected chi connectivity index (χ3v) is 11.4. The minimum atomic E-state index is -4.38. The summed E-state index contributed by atoms with van der Waals surface area (Å²) in [5, 5.41) is 0. The maximum atomic E-state index is 16.0. The molecular weight excluding hydrogens is 693 g/mol. The molecule has 46 heavy (non-hydrogen) atoms. The fraction of sp³-hybridized carbons (Fsp3) is 0.545. The number of rotatable bonds is 2. The molecule has 4 aromatic heterocycles. The van der Waals surface area contributed by atoms with E-state index in [2.05, 4.69) is 54.4 Å². The average Bonchev–Trinajstić information content (AvgIpc) is 3.82. The van der Waals surface area contributed by atoms with Gasteiger partial charge in [0.15, 0.2) is 41.6 Å². The van der Waals surface area contributed by atoms with E-state index >= 15 is 4.39 Å². The van der Waals surface area contributed by atoms with Crippen molar-refractivity contribution in [2.75, 3.05) is 31.3 Å². The van der Waals surface area contributed by atoms with Crippen molar-refractivity contribution in [1.82, 2.24) is 39.0 Å². The van der Waals surface area contributed by atoms with E-state index in [0.29, 0.717) is 11.2 Å². The second-order valence-electron chi connectivity index (χ2n) is 11.0. The number of ether oxygens (including phenoxy) is 3. The summed E-state index contributed by atoms with van der Waals surface area (Å²) in [7, 11) is 0. The van der Waals surface area contributed by atoms with Gasteiger partial charge in [-0.2, -0.15) is 0 Å².